The van der Waals surface area contributed by atoms with Crippen molar-refractivity contribution < 1.29 is 25.2 Å². The molecule has 0 amide bonds. The third-order valence-electron chi connectivity index (χ3n) is 5.06. The molecular weight excluding hydrogens is 392 g/mol. The van der Waals surface area contributed by atoms with Crippen LogP contribution in [0.2, 0.25) is 0 Å². The molecule has 0 spiro atoms. The van der Waals surface area contributed by atoms with Gasteiger partial charge in [-0.3, -0.25) is 0 Å². The van der Waals surface area contributed by atoms with Gasteiger partial charge >= 0.3 is 0 Å². The molecule has 156 valence electrons. The summed E-state index contributed by atoms with van der Waals surface area (Å²) in [6, 6.07) is 27.1. The molecule has 0 fully saturated rings. The summed E-state index contributed by atoms with van der Waals surface area (Å²) < 4.78 is 6.63. The Hall–Kier alpha value is -3.96. The van der Waals surface area contributed by atoms with E-state index in [4.69, 9.17) is 4.74 Å². The van der Waals surface area contributed by atoms with Crippen LogP contribution in [0.3, 0.4) is 0 Å². The first-order valence-electron chi connectivity index (χ1n) is 9.81. The van der Waals surface area contributed by atoms with Crippen LogP contribution in [0.15, 0.2) is 97.1 Å². The Balaban J connectivity index is 1.79. The molecule has 0 heterocycles. The minimum atomic E-state index is -0.506. The lowest BCUT2D eigenvalue weighted by Gasteiger charge is -2.27. The van der Waals surface area contributed by atoms with Gasteiger partial charge in [-0.15, -0.1) is 0 Å². The second-order valence-electron chi connectivity index (χ2n) is 7.26. The Morgan fingerprint density at radius 1 is 0.355 bits per heavy atom. The van der Waals surface area contributed by atoms with Gasteiger partial charge in [-0.2, -0.15) is 0 Å². The van der Waals surface area contributed by atoms with Crippen LogP contribution in [-0.2, 0) is 4.74 Å². The van der Waals surface area contributed by atoms with E-state index in [2.05, 4.69) is 0 Å². The molecule has 0 aliphatic heterocycles. The fourth-order valence-corrected chi connectivity index (χ4v) is 3.43. The standard InChI is InChI=1S/C26H22O5/c27-21-9-1-17(2-10-21)25(18-3-11-22(28)12-4-18)31-26(19-5-13-23(29)14-6-19)20-7-15-24(30)16-8-20/h1-16,25-30H. The van der Waals surface area contributed by atoms with Gasteiger partial charge in [0.1, 0.15) is 35.2 Å². The second kappa shape index (κ2) is 8.81. The molecule has 0 radical (unpaired) electrons. The van der Waals surface area contributed by atoms with E-state index < -0.39 is 12.2 Å². The molecule has 5 nitrogen and oxygen atoms in total. The van der Waals surface area contributed by atoms with E-state index in [0.29, 0.717) is 0 Å². The maximum atomic E-state index is 9.71. The first kappa shape index (κ1) is 20.3. The van der Waals surface area contributed by atoms with Gasteiger partial charge in [0.2, 0.25) is 0 Å². The van der Waals surface area contributed by atoms with Crippen molar-refractivity contribution in [1.82, 2.24) is 0 Å². The molecule has 4 aromatic rings. The third-order valence-corrected chi connectivity index (χ3v) is 5.06. The molecule has 0 bridgehead atoms. The first-order chi connectivity index (χ1) is 15.0. The second-order valence-corrected chi connectivity index (χ2v) is 7.26. The third kappa shape index (κ3) is 4.79. The van der Waals surface area contributed by atoms with Gasteiger partial charge in [0.15, 0.2) is 0 Å². The summed E-state index contributed by atoms with van der Waals surface area (Å²) in [4.78, 5) is 0. The molecule has 5 heteroatoms. The van der Waals surface area contributed by atoms with Gasteiger partial charge in [0, 0.05) is 0 Å². The van der Waals surface area contributed by atoms with Gasteiger partial charge in [0.25, 0.3) is 0 Å². The Labute approximate surface area is 180 Å². The van der Waals surface area contributed by atoms with E-state index in [1.165, 1.54) is 0 Å². The smallest absolute Gasteiger partial charge is 0.115 e. The molecule has 0 aromatic heterocycles. The predicted octanol–water partition coefficient (Wildman–Crippen LogP) is 5.40. The molecule has 4 N–H and O–H groups in total. The van der Waals surface area contributed by atoms with Crippen molar-refractivity contribution in [3.63, 3.8) is 0 Å². The zero-order valence-corrected chi connectivity index (χ0v) is 16.6. The molecule has 0 unspecified atom stereocenters. The van der Waals surface area contributed by atoms with Crippen LogP contribution in [0.25, 0.3) is 0 Å². The average Bonchev–Trinajstić information content (AvgIpc) is 2.78. The van der Waals surface area contributed by atoms with Gasteiger partial charge in [0.05, 0.1) is 0 Å². The number of phenolic OH excluding ortho intramolecular Hbond substituents is 4. The fourth-order valence-electron chi connectivity index (χ4n) is 3.43. The van der Waals surface area contributed by atoms with Crippen LogP contribution in [-0.4, -0.2) is 20.4 Å². The molecule has 0 atom stereocenters. The molecule has 0 saturated heterocycles. The maximum Gasteiger partial charge on any atom is 0.115 e. The molecule has 4 aromatic carbocycles. The Kier molecular flexibility index (Phi) is 5.78. The lowest BCUT2D eigenvalue weighted by Crippen LogP contribution is -2.13. The van der Waals surface area contributed by atoms with Gasteiger partial charge in [-0.25, -0.2) is 0 Å². The van der Waals surface area contributed by atoms with Crippen molar-refractivity contribution in [2.24, 2.45) is 0 Å². The van der Waals surface area contributed by atoms with E-state index >= 15 is 0 Å². The minimum Gasteiger partial charge on any atom is -0.508 e. The average molecular weight is 414 g/mol. The number of phenols is 4. The number of hydrogen-bond donors (Lipinski definition) is 4. The largest absolute Gasteiger partial charge is 0.508 e. The van der Waals surface area contributed by atoms with Crippen molar-refractivity contribution in [1.29, 1.82) is 0 Å². The van der Waals surface area contributed by atoms with Crippen molar-refractivity contribution in [2.75, 3.05) is 0 Å². The van der Waals surface area contributed by atoms with Crippen LogP contribution >= 0.6 is 0 Å². The lowest BCUT2D eigenvalue weighted by atomic mass is 9.97. The first-order valence-corrected chi connectivity index (χ1v) is 9.81. The van der Waals surface area contributed by atoms with Crippen molar-refractivity contribution >= 4 is 0 Å². The lowest BCUT2D eigenvalue weighted by molar-refractivity contribution is 0.0308. The number of rotatable bonds is 6. The molecule has 0 saturated carbocycles. The van der Waals surface area contributed by atoms with Crippen molar-refractivity contribution in [3.05, 3.63) is 119 Å². The van der Waals surface area contributed by atoms with E-state index in [1.54, 1.807) is 97.1 Å². The zero-order valence-electron chi connectivity index (χ0n) is 16.6. The molecular formula is C26H22O5. The van der Waals surface area contributed by atoms with E-state index in [1.807, 2.05) is 0 Å². The van der Waals surface area contributed by atoms with Crippen molar-refractivity contribution in [3.8, 4) is 23.0 Å². The van der Waals surface area contributed by atoms with Gasteiger partial charge in [-0.1, -0.05) is 48.5 Å². The van der Waals surface area contributed by atoms with Gasteiger partial charge in [-0.05, 0) is 70.8 Å². The normalized spacial score (nSPS) is 11.2. The highest BCUT2D eigenvalue weighted by atomic mass is 16.5. The molecule has 4 rings (SSSR count). The summed E-state index contributed by atoms with van der Waals surface area (Å²) in [5, 5.41) is 38.9. The minimum absolute atomic E-state index is 0.154. The Morgan fingerprint density at radius 3 is 0.742 bits per heavy atom. The predicted molar refractivity (Wildman–Crippen MR) is 117 cm³/mol. The Bertz CT molecular complexity index is 935. The van der Waals surface area contributed by atoms with E-state index in [-0.39, 0.29) is 23.0 Å². The van der Waals surface area contributed by atoms with E-state index in [0.717, 1.165) is 22.3 Å². The van der Waals surface area contributed by atoms with Crippen molar-refractivity contribution in [2.45, 2.75) is 12.2 Å². The summed E-state index contributed by atoms with van der Waals surface area (Å²) in [7, 11) is 0. The SMILES string of the molecule is Oc1ccc(C(OC(c2ccc(O)cc2)c2ccc(O)cc2)c2ccc(O)cc2)cc1. The van der Waals surface area contributed by atoms with Crippen LogP contribution in [0.1, 0.15) is 34.5 Å². The number of hydrogen-bond acceptors (Lipinski definition) is 5. The summed E-state index contributed by atoms with van der Waals surface area (Å²) in [6.45, 7) is 0. The summed E-state index contributed by atoms with van der Waals surface area (Å²) >= 11 is 0. The quantitative estimate of drug-likeness (QED) is 0.339. The number of benzene rings is 4. The molecule has 31 heavy (non-hydrogen) atoms. The zero-order chi connectivity index (χ0) is 21.8. The Morgan fingerprint density at radius 2 is 0.548 bits per heavy atom. The molecule has 0 aliphatic carbocycles. The fraction of sp³-hybridized carbons (Fsp3) is 0.0769. The topological polar surface area (TPSA) is 90.2 Å². The monoisotopic (exact) mass is 414 g/mol. The van der Waals surface area contributed by atoms with Gasteiger partial charge < -0.3 is 25.2 Å². The highest BCUT2D eigenvalue weighted by molar-refractivity contribution is 5.39. The number of aromatic hydroxyl groups is 4. The maximum absolute atomic E-state index is 9.71. The van der Waals surface area contributed by atoms with Crippen LogP contribution < -0.4 is 0 Å². The van der Waals surface area contributed by atoms with E-state index in [9.17, 15) is 20.4 Å². The highest BCUT2D eigenvalue weighted by Gasteiger charge is 2.23. The summed E-state index contributed by atoms with van der Waals surface area (Å²) in [6.07, 6.45) is -1.01. The summed E-state index contributed by atoms with van der Waals surface area (Å²) in [5.41, 5.74) is 3.30. The van der Waals surface area contributed by atoms with Crippen LogP contribution in [0, 0.1) is 0 Å². The summed E-state index contributed by atoms with van der Waals surface area (Å²) in [5.74, 6) is 0.618. The van der Waals surface area contributed by atoms with Crippen LogP contribution in [0.5, 0.6) is 23.0 Å². The highest BCUT2D eigenvalue weighted by Crippen LogP contribution is 2.37. The number of ether oxygens (including phenoxy) is 1. The molecule has 0 aliphatic rings. The van der Waals surface area contributed by atoms with Crippen LogP contribution in [0.4, 0.5) is 0 Å².